The zero-order valence-electron chi connectivity index (χ0n) is 23.6. The van der Waals surface area contributed by atoms with Gasteiger partial charge in [0.15, 0.2) is 17.8 Å². The van der Waals surface area contributed by atoms with Gasteiger partial charge in [0.1, 0.15) is 31.0 Å². The number of aliphatic carboxylic acids is 1. The van der Waals surface area contributed by atoms with Gasteiger partial charge in [0.25, 0.3) is 0 Å². The number of carboxylic acid groups (broad SMARTS) is 1. The Balaban J connectivity index is 1.47. The second-order valence-electron chi connectivity index (χ2n) is 12.1. The van der Waals surface area contributed by atoms with Crippen molar-refractivity contribution in [3.05, 3.63) is 42.0 Å². The first-order valence-electron chi connectivity index (χ1n) is 14.0. The second-order valence-corrected chi connectivity index (χ2v) is 12.1. The largest absolute Gasteiger partial charge is 0.504 e. The molecule has 232 valence electrons. The van der Waals surface area contributed by atoms with Crippen LogP contribution in [0.25, 0.3) is 6.08 Å². The monoisotopic (exact) mass is 592 g/mol. The van der Waals surface area contributed by atoms with E-state index in [1.807, 2.05) is 6.92 Å². The number of aliphatic hydroxyl groups is 4. The average molecular weight is 593 g/mol. The van der Waals surface area contributed by atoms with Crippen LogP contribution in [0.3, 0.4) is 0 Å². The summed E-state index contributed by atoms with van der Waals surface area (Å²) in [5, 5.41) is 71.7. The molecule has 10 atom stereocenters. The van der Waals surface area contributed by atoms with Crippen molar-refractivity contribution >= 4 is 18.0 Å². The van der Waals surface area contributed by atoms with Crippen molar-refractivity contribution in [3.8, 4) is 11.5 Å². The Hall–Kier alpha value is -3.00. The van der Waals surface area contributed by atoms with Crippen LogP contribution in [0.4, 0.5) is 0 Å². The van der Waals surface area contributed by atoms with Gasteiger partial charge in [-0.3, -0.25) is 0 Å². The quantitative estimate of drug-likeness (QED) is 0.130. The van der Waals surface area contributed by atoms with Gasteiger partial charge in [-0.05, 0) is 80.1 Å². The van der Waals surface area contributed by atoms with Gasteiger partial charge in [-0.1, -0.05) is 19.6 Å². The number of fused-ring (bicyclic) bond motifs is 1. The van der Waals surface area contributed by atoms with Crippen molar-refractivity contribution in [3.63, 3.8) is 0 Å². The molecule has 2 aliphatic carbocycles. The zero-order chi connectivity index (χ0) is 31.0. The van der Waals surface area contributed by atoms with Crippen LogP contribution in [0.15, 0.2) is 36.4 Å². The highest BCUT2D eigenvalue weighted by Crippen LogP contribution is 2.57. The van der Waals surface area contributed by atoms with Crippen LogP contribution in [0.2, 0.25) is 0 Å². The standard InChI is InChI=1S/C30H40O12/c1-15(27(37)38)17-12-21-29(2,9-4-10-30(21,3)39)22(13-17)42-28-26(36)25(35)24(34)20(41-28)14-40-23(33)8-6-16-5-7-18(31)19(32)11-16/h5-8,11,17,20-22,24-26,28,31-32,34-36,39H,1,4,9-10,12-14H2,2-3H3,(H,37,38)/t17-,20+,21+,22-,24+,25-,26+,28+,29+,30-/m0/s1. The smallest absolute Gasteiger partial charge is 0.331 e. The summed E-state index contributed by atoms with van der Waals surface area (Å²) in [6.45, 7) is 6.92. The van der Waals surface area contributed by atoms with Gasteiger partial charge in [-0.2, -0.15) is 0 Å². The molecule has 2 saturated carbocycles. The number of phenols is 2. The summed E-state index contributed by atoms with van der Waals surface area (Å²) >= 11 is 0. The van der Waals surface area contributed by atoms with Crippen molar-refractivity contribution in [1.29, 1.82) is 0 Å². The molecule has 12 nitrogen and oxygen atoms in total. The first-order chi connectivity index (χ1) is 19.6. The van der Waals surface area contributed by atoms with Crippen molar-refractivity contribution in [1.82, 2.24) is 0 Å². The van der Waals surface area contributed by atoms with Gasteiger partial charge in [-0.25, -0.2) is 9.59 Å². The van der Waals surface area contributed by atoms with Gasteiger partial charge in [-0.15, -0.1) is 0 Å². The average Bonchev–Trinajstić information content (AvgIpc) is 2.93. The number of ether oxygens (including phenoxy) is 3. The van der Waals surface area contributed by atoms with Crippen LogP contribution >= 0.6 is 0 Å². The Labute approximate surface area is 243 Å². The SMILES string of the molecule is C=C(C(=O)O)[C@@H]1C[C@H](O[C@H]2O[C@H](COC(=O)C=Cc3ccc(O)c(O)c3)[C@@H](O)[C@H](O)[C@H]2O)[C@]2(C)CCC[C@](C)(O)[C@@H]2C1. The maximum Gasteiger partial charge on any atom is 0.331 e. The van der Waals surface area contributed by atoms with E-state index >= 15 is 0 Å². The first-order valence-corrected chi connectivity index (χ1v) is 14.0. The molecule has 1 heterocycles. The minimum Gasteiger partial charge on any atom is -0.504 e. The third kappa shape index (κ3) is 6.48. The topological polar surface area (TPSA) is 203 Å². The van der Waals surface area contributed by atoms with Crippen LogP contribution in [-0.4, -0.2) is 96.7 Å². The maximum absolute atomic E-state index is 12.3. The van der Waals surface area contributed by atoms with Crippen molar-refractivity contribution in [2.45, 2.75) is 88.4 Å². The number of carboxylic acids is 1. The lowest BCUT2D eigenvalue weighted by Gasteiger charge is -2.58. The van der Waals surface area contributed by atoms with E-state index in [-0.39, 0.29) is 29.4 Å². The van der Waals surface area contributed by atoms with Crippen LogP contribution in [0, 0.1) is 17.3 Å². The highest BCUT2D eigenvalue weighted by Gasteiger charge is 2.58. The molecular weight excluding hydrogens is 552 g/mol. The Morgan fingerprint density at radius 3 is 2.45 bits per heavy atom. The molecule has 3 aliphatic rings. The predicted molar refractivity (Wildman–Crippen MR) is 147 cm³/mol. The minimum atomic E-state index is -1.70. The number of carbonyl (C=O) groups is 2. The summed E-state index contributed by atoms with van der Waals surface area (Å²) in [5.41, 5.74) is -1.30. The molecule has 7 N–H and O–H groups in total. The number of benzene rings is 1. The van der Waals surface area contributed by atoms with Crippen molar-refractivity contribution in [2.24, 2.45) is 17.3 Å². The lowest BCUT2D eigenvalue weighted by molar-refractivity contribution is -0.330. The zero-order valence-corrected chi connectivity index (χ0v) is 23.6. The van der Waals surface area contributed by atoms with E-state index in [0.717, 1.165) is 6.08 Å². The molecule has 1 saturated heterocycles. The van der Waals surface area contributed by atoms with Crippen molar-refractivity contribution in [2.75, 3.05) is 6.61 Å². The lowest BCUT2D eigenvalue weighted by atomic mass is 9.51. The number of phenolic OH excluding ortho intramolecular Hbond substituents is 2. The minimum absolute atomic E-state index is 0.00653. The number of carbonyl (C=O) groups excluding carboxylic acids is 1. The molecule has 3 fully saturated rings. The van der Waals surface area contributed by atoms with E-state index in [9.17, 15) is 45.3 Å². The fraction of sp³-hybridized carbons (Fsp3) is 0.600. The Morgan fingerprint density at radius 2 is 1.79 bits per heavy atom. The van der Waals surface area contributed by atoms with E-state index in [0.29, 0.717) is 31.2 Å². The summed E-state index contributed by atoms with van der Waals surface area (Å²) in [5.74, 6) is -3.50. The van der Waals surface area contributed by atoms with Gasteiger partial charge in [0.05, 0.1) is 11.7 Å². The molecule has 0 unspecified atom stereocenters. The highest BCUT2D eigenvalue weighted by molar-refractivity contribution is 5.87. The molecule has 0 radical (unpaired) electrons. The number of esters is 1. The molecule has 12 heteroatoms. The third-order valence-electron chi connectivity index (χ3n) is 9.24. The van der Waals surface area contributed by atoms with Crippen LogP contribution in [-0.2, 0) is 23.8 Å². The van der Waals surface area contributed by atoms with Gasteiger partial charge < -0.3 is 50.0 Å². The fourth-order valence-electron chi connectivity index (χ4n) is 6.72. The van der Waals surface area contributed by atoms with Crippen molar-refractivity contribution < 1.29 is 59.5 Å². The fourth-order valence-corrected chi connectivity index (χ4v) is 6.72. The summed E-state index contributed by atoms with van der Waals surface area (Å²) in [6, 6.07) is 3.96. The normalized spacial score (nSPS) is 38.5. The Morgan fingerprint density at radius 1 is 1.07 bits per heavy atom. The lowest BCUT2D eigenvalue weighted by Crippen LogP contribution is -2.63. The number of hydrogen-bond donors (Lipinski definition) is 7. The van der Waals surface area contributed by atoms with E-state index < -0.39 is 72.3 Å². The molecule has 0 aromatic heterocycles. The molecular formula is C30H40O12. The highest BCUT2D eigenvalue weighted by atomic mass is 16.7. The van der Waals surface area contributed by atoms with E-state index in [2.05, 4.69) is 6.58 Å². The Bertz CT molecular complexity index is 1210. The summed E-state index contributed by atoms with van der Waals surface area (Å²) in [4.78, 5) is 24.1. The van der Waals surface area contributed by atoms with E-state index in [4.69, 9.17) is 14.2 Å². The van der Waals surface area contributed by atoms with E-state index in [1.54, 1.807) is 6.92 Å². The number of aliphatic hydroxyl groups excluding tert-OH is 3. The van der Waals surface area contributed by atoms with Gasteiger partial charge in [0, 0.05) is 11.6 Å². The molecule has 1 aliphatic heterocycles. The molecule has 4 rings (SSSR count). The van der Waals surface area contributed by atoms with Crippen LogP contribution < -0.4 is 0 Å². The van der Waals surface area contributed by atoms with Crippen LogP contribution in [0.1, 0.15) is 51.5 Å². The number of aromatic hydroxyl groups is 2. The molecule has 42 heavy (non-hydrogen) atoms. The van der Waals surface area contributed by atoms with E-state index in [1.165, 1.54) is 24.3 Å². The second kappa shape index (κ2) is 12.3. The molecule has 0 amide bonds. The Kier molecular flexibility index (Phi) is 9.36. The predicted octanol–water partition coefficient (Wildman–Crippen LogP) is 1.46. The third-order valence-corrected chi connectivity index (χ3v) is 9.24. The van der Waals surface area contributed by atoms with Gasteiger partial charge >= 0.3 is 11.9 Å². The molecule has 0 bridgehead atoms. The summed E-state index contributed by atoms with van der Waals surface area (Å²) in [6.07, 6.45) is -3.44. The molecule has 1 aromatic carbocycles. The van der Waals surface area contributed by atoms with Gasteiger partial charge in [0.2, 0.25) is 0 Å². The van der Waals surface area contributed by atoms with Crippen LogP contribution in [0.5, 0.6) is 11.5 Å². The number of hydrogen-bond acceptors (Lipinski definition) is 11. The first kappa shape index (κ1) is 31.9. The number of rotatable bonds is 8. The maximum atomic E-state index is 12.3. The summed E-state index contributed by atoms with van der Waals surface area (Å²) in [7, 11) is 0. The molecule has 0 spiro atoms. The summed E-state index contributed by atoms with van der Waals surface area (Å²) < 4.78 is 17.2. The molecule has 1 aromatic rings.